The molecular formula is C17H21N3OS2. The summed E-state index contributed by atoms with van der Waals surface area (Å²) in [4.78, 5) is 16.6. The van der Waals surface area contributed by atoms with E-state index in [1.54, 1.807) is 11.3 Å². The van der Waals surface area contributed by atoms with Crippen LogP contribution < -0.4 is 10.6 Å². The van der Waals surface area contributed by atoms with Crippen molar-refractivity contribution < 1.29 is 4.79 Å². The first-order valence-electron chi connectivity index (χ1n) is 7.89. The van der Waals surface area contributed by atoms with E-state index >= 15 is 0 Å². The highest BCUT2D eigenvalue weighted by Crippen LogP contribution is 2.23. The number of thiazole rings is 1. The zero-order chi connectivity index (χ0) is 15.9. The third-order valence-electron chi connectivity index (χ3n) is 3.71. The molecule has 2 aromatic rings. The first-order chi connectivity index (χ1) is 11.3. The minimum Gasteiger partial charge on any atom is -0.356 e. The Labute approximate surface area is 145 Å². The van der Waals surface area contributed by atoms with E-state index < -0.39 is 0 Å². The molecule has 3 rings (SSSR count). The first kappa shape index (κ1) is 16.5. The number of carbonyl (C=O) groups is 1. The summed E-state index contributed by atoms with van der Waals surface area (Å²) in [6.07, 6.45) is 1.35. The first-order valence-corrected chi connectivity index (χ1v) is 9.92. The van der Waals surface area contributed by atoms with E-state index in [9.17, 15) is 4.79 Å². The smallest absolute Gasteiger partial charge is 0.221 e. The molecule has 6 heteroatoms. The molecule has 1 saturated heterocycles. The molecule has 2 N–H and O–H groups in total. The monoisotopic (exact) mass is 347 g/mol. The number of amides is 1. The summed E-state index contributed by atoms with van der Waals surface area (Å²) in [5.74, 6) is 2.30. The summed E-state index contributed by atoms with van der Waals surface area (Å²) in [5.41, 5.74) is 2.19. The molecule has 122 valence electrons. The lowest BCUT2D eigenvalue weighted by atomic mass is 10.2. The van der Waals surface area contributed by atoms with Crippen molar-refractivity contribution in [2.24, 2.45) is 0 Å². The number of hydrogen-bond donors (Lipinski definition) is 2. The maximum atomic E-state index is 11.9. The fourth-order valence-corrected chi connectivity index (χ4v) is 4.32. The summed E-state index contributed by atoms with van der Waals surface area (Å²) >= 11 is 3.57. The highest BCUT2D eigenvalue weighted by Gasteiger charge is 2.16. The molecule has 1 unspecified atom stereocenters. The van der Waals surface area contributed by atoms with Gasteiger partial charge in [0.05, 0.1) is 5.69 Å². The minimum absolute atomic E-state index is 0.128. The lowest BCUT2D eigenvalue weighted by molar-refractivity contribution is -0.121. The van der Waals surface area contributed by atoms with Crippen LogP contribution in [0.4, 0.5) is 0 Å². The SMILES string of the molecule is O=C(CC1CSCCN1)NCCc1csc(-c2ccccc2)n1. The van der Waals surface area contributed by atoms with E-state index in [2.05, 4.69) is 33.1 Å². The van der Waals surface area contributed by atoms with Crippen molar-refractivity contribution in [3.05, 3.63) is 41.4 Å². The van der Waals surface area contributed by atoms with Gasteiger partial charge in [0.1, 0.15) is 5.01 Å². The fraction of sp³-hybridized carbons (Fsp3) is 0.412. The summed E-state index contributed by atoms with van der Waals surface area (Å²) in [7, 11) is 0. The van der Waals surface area contributed by atoms with E-state index in [0.29, 0.717) is 19.0 Å². The highest BCUT2D eigenvalue weighted by molar-refractivity contribution is 7.99. The maximum Gasteiger partial charge on any atom is 0.221 e. The third-order valence-corrected chi connectivity index (χ3v) is 5.78. The van der Waals surface area contributed by atoms with Crippen molar-refractivity contribution in [2.45, 2.75) is 18.9 Å². The van der Waals surface area contributed by atoms with E-state index in [1.165, 1.54) is 0 Å². The summed E-state index contributed by atoms with van der Waals surface area (Å²) < 4.78 is 0. The Morgan fingerprint density at radius 3 is 3.00 bits per heavy atom. The zero-order valence-corrected chi connectivity index (χ0v) is 14.6. The van der Waals surface area contributed by atoms with Gasteiger partial charge in [-0.2, -0.15) is 11.8 Å². The molecule has 0 saturated carbocycles. The fourth-order valence-electron chi connectivity index (χ4n) is 2.51. The number of aromatic nitrogens is 1. The molecule has 1 amide bonds. The summed E-state index contributed by atoms with van der Waals surface area (Å²) in [5, 5.41) is 9.51. The molecule has 1 aliphatic heterocycles. The van der Waals surface area contributed by atoms with Crippen LogP contribution in [0.15, 0.2) is 35.7 Å². The average Bonchev–Trinajstić information content (AvgIpc) is 3.05. The van der Waals surface area contributed by atoms with Gasteiger partial charge in [-0.1, -0.05) is 30.3 Å². The van der Waals surface area contributed by atoms with Crippen molar-refractivity contribution in [3.8, 4) is 10.6 Å². The Balaban J connectivity index is 1.42. The average molecular weight is 348 g/mol. The largest absolute Gasteiger partial charge is 0.356 e. The van der Waals surface area contributed by atoms with Crippen LogP contribution in [0.2, 0.25) is 0 Å². The van der Waals surface area contributed by atoms with Gasteiger partial charge in [0.25, 0.3) is 0 Å². The van der Waals surface area contributed by atoms with Crippen LogP contribution in [-0.2, 0) is 11.2 Å². The van der Waals surface area contributed by atoms with E-state index in [4.69, 9.17) is 0 Å². The Hall–Kier alpha value is -1.37. The van der Waals surface area contributed by atoms with Crippen LogP contribution in [-0.4, -0.2) is 41.5 Å². The minimum atomic E-state index is 0.128. The second-order valence-electron chi connectivity index (χ2n) is 5.54. The van der Waals surface area contributed by atoms with Crippen molar-refractivity contribution in [3.63, 3.8) is 0 Å². The molecule has 1 aromatic heterocycles. The molecule has 0 aliphatic carbocycles. The number of carbonyl (C=O) groups excluding carboxylic acids is 1. The van der Waals surface area contributed by atoms with Gasteiger partial charge in [-0.3, -0.25) is 4.79 Å². The molecule has 4 nitrogen and oxygen atoms in total. The molecule has 1 fully saturated rings. The predicted molar refractivity (Wildman–Crippen MR) is 98.0 cm³/mol. The number of nitrogens with one attached hydrogen (secondary N) is 2. The normalized spacial score (nSPS) is 17.8. The quantitative estimate of drug-likeness (QED) is 0.843. The molecule has 1 aliphatic rings. The van der Waals surface area contributed by atoms with Crippen LogP contribution in [0.5, 0.6) is 0 Å². The topological polar surface area (TPSA) is 54.0 Å². The number of benzene rings is 1. The Bertz CT molecular complexity index is 624. The van der Waals surface area contributed by atoms with Gasteiger partial charge in [0.2, 0.25) is 5.91 Å². The van der Waals surface area contributed by atoms with E-state index in [1.807, 2.05) is 30.0 Å². The zero-order valence-electron chi connectivity index (χ0n) is 13.0. The lowest BCUT2D eigenvalue weighted by Gasteiger charge is -2.22. The molecule has 0 radical (unpaired) electrons. The molecule has 1 aromatic carbocycles. The molecule has 1 atom stereocenters. The van der Waals surface area contributed by atoms with E-state index in [0.717, 1.165) is 40.7 Å². The molecule has 23 heavy (non-hydrogen) atoms. The van der Waals surface area contributed by atoms with Crippen LogP contribution in [0.1, 0.15) is 12.1 Å². The van der Waals surface area contributed by atoms with Crippen LogP contribution >= 0.6 is 23.1 Å². The Morgan fingerprint density at radius 1 is 1.35 bits per heavy atom. The summed E-state index contributed by atoms with van der Waals surface area (Å²) in [6, 6.07) is 10.5. The van der Waals surface area contributed by atoms with Gasteiger partial charge in [0, 0.05) is 54.4 Å². The van der Waals surface area contributed by atoms with E-state index in [-0.39, 0.29) is 5.91 Å². The van der Waals surface area contributed by atoms with Gasteiger partial charge in [-0.25, -0.2) is 4.98 Å². The van der Waals surface area contributed by atoms with Gasteiger partial charge in [-0.15, -0.1) is 11.3 Å². The molecule has 0 spiro atoms. The van der Waals surface area contributed by atoms with Crippen molar-refractivity contribution >= 4 is 29.0 Å². The van der Waals surface area contributed by atoms with Gasteiger partial charge in [-0.05, 0) is 0 Å². The van der Waals surface area contributed by atoms with Crippen LogP contribution in [0, 0.1) is 0 Å². The standard InChI is InChI=1S/C17H21N3OS2/c21-16(10-15-11-22-9-8-18-15)19-7-6-14-12-23-17(20-14)13-4-2-1-3-5-13/h1-5,12,15,18H,6-11H2,(H,19,21). The Kier molecular flexibility index (Phi) is 6.07. The second kappa shape index (κ2) is 8.47. The predicted octanol–water partition coefficient (Wildman–Crippen LogP) is 2.56. The van der Waals surface area contributed by atoms with Gasteiger partial charge < -0.3 is 10.6 Å². The number of nitrogens with zero attached hydrogens (tertiary/aromatic N) is 1. The van der Waals surface area contributed by atoms with Crippen molar-refractivity contribution in [1.82, 2.24) is 15.6 Å². The number of thioether (sulfide) groups is 1. The summed E-state index contributed by atoms with van der Waals surface area (Å²) in [6.45, 7) is 1.65. The van der Waals surface area contributed by atoms with Crippen LogP contribution in [0.3, 0.4) is 0 Å². The van der Waals surface area contributed by atoms with Crippen molar-refractivity contribution in [1.29, 1.82) is 0 Å². The molecule has 0 bridgehead atoms. The van der Waals surface area contributed by atoms with Gasteiger partial charge >= 0.3 is 0 Å². The lowest BCUT2D eigenvalue weighted by Crippen LogP contribution is -2.41. The van der Waals surface area contributed by atoms with Gasteiger partial charge in [0.15, 0.2) is 0 Å². The third kappa shape index (κ3) is 5.06. The molecule has 2 heterocycles. The van der Waals surface area contributed by atoms with Crippen LogP contribution in [0.25, 0.3) is 10.6 Å². The molecular weight excluding hydrogens is 326 g/mol. The Morgan fingerprint density at radius 2 is 2.22 bits per heavy atom. The maximum absolute atomic E-state index is 11.9. The number of rotatable bonds is 6. The number of hydrogen-bond acceptors (Lipinski definition) is 5. The van der Waals surface area contributed by atoms with Crippen molar-refractivity contribution in [2.75, 3.05) is 24.6 Å². The highest BCUT2D eigenvalue weighted by atomic mass is 32.2. The second-order valence-corrected chi connectivity index (χ2v) is 7.55.